The summed E-state index contributed by atoms with van der Waals surface area (Å²) >= 11 is 6.15. The van der Waals surface area contributed by atoms with Gasteiger partial charge in [-0.3, -0.25) is 14.7 Å². The molecule has 1 aromatic heterocycles. The summed E-state index contributed by atoms with van der Waals surface area (Å²) in [6.07, 6.45) is 1.18. The monoisotopic (exact) mass is 456 g/mol. The van der Waals surface area contributed by atoms with E-state index in [0.29, 0.717) is 50.6 Å². The second-order valence-electron chi connectivity index (χ2n) is 8.16. The molecule has 0 amide bonds. The second-order valence-corrected chi connectivity index (χ2v) is 8.54. The number of ether oxygens (including phenoxy) is 1. The Labute approximate surface area is 183 Å². The van der Waals surface area contributed by atoms with Gasteiger partial charge in [-0.05, 0) is 43.5 Å². The largest absolute Gasteiger partial charge is 0.472 e. The number of ketones is 1. The van der Waals surface area contributed by atoms with Crippen molar-refractivity contribution < 1.29 is 22.7 Å². The lowest BCUT2D eigenvalue weighted by Crippen LogP contribution is -2.39. The van der Waals surface area contributed by atoms with E-state index in [0.717, 1.165) is 12.0 Å². The molecule has 0 saturated carbocycles. The highest BCUT2D eigenvalue weighted by molar-refractivity contribution is 6.44. The summed E-state index contributed by atoms with van der Waals surface area (Å²) in [7, 11) is 0. The number of rotatable bonds is 5. The standard InChI is InChI=1S/C21H24ClF3N4O2/c22-20-17(10-26-11-18(20)30)29-8-4-16(12-29)31-19-9-15(1-5-27-19)14-2-6-28(7-3-14)13-21(23,24)25/h1,5,9-10,14,16H,2-4,6-8,11-13H2/t16-/m1/s1. The van der Waals surface area contributed by atoms with Crippen LogP contribution in [0.4, 0.5) is 13.2 Å². The first-order valence-electron chi connectivity index (χ1n) is 10.4. The molecule has 4 rings (SSSR count). The molecular formula is C21H24ClF3N4O2. The Morgan fingerprint density at radius 3 is 2.71 bits per heavy atom. The summed E-state index contributed by atoms with van der Waals surface area (Å²) in [4.78, 5) is 23.6. The molecule has 0 spiro atoms. The van der Waals surface area contributed by atoms with Gasteiger partial charge in [0.2, 0.25) is 5.88 Å². The zero-order valence-corrected chi connectivity index (χ0v) is 17.7. The van der Waals surface area contributed by atoms with Crippen molar-refractivity contribution in [2.75, 3.05) is 39.3 Å². The summed E-state index contributed by atoms with van der Waals surface area (Å²) in [5, 5.41) is 0.215. The van der Waals surface area contributed by atoms with Crippen molar-refractivity contribution in [1.29, 1.82) is 0 Å². The lowest BCUT2D eigenvalue weighted by Gasteiger charge is -2.32. The Hall–Kier alpha value is -2.13. The SMILES string of the molecule is O=C1CN=CC(N2CC[C@@H](Oc3cc(C4CCN(CC(F)(F)F)CC4)ccn3)C2)=C1Cl. The van der Waals surface area contributed by atoms with Gasteiger partial charge in [-0.2, -0.15) is 13.2 Å². The van der Waals surface area contributed by atoms with Crippen molar-refractivity contribution in [2.45, 2.75) is 37.5 Å². The van der Waals surface area contributed by atoms with Crippen molar-refractivity contribution in [3.05, 3.63) is 34.6 Å². The number of hydrogen-bond donors (Lipinski definition) is 0. The maximum Gasteiger partial charge on any atom is 0.401 e. The zero-order chi connectivity index (χ0) is 22.0. The number of hydrogen-bond acceptors (Lipinski definition) is 6. The molecule has 0 unspecified atom stereocenters. The van der Waals surface area contributed by atoms with Crippen LogP contribution in [0.2, 0.25) is 0 Å². The first-order valence-corrected chi connectivity index (χ1v) is 10.8. The van der Waals surface area contributed by atoms with Gasteiger partial charge in [0.25, 0.3) is 0 Å². The van der Waals surface area contributed by atoms with Crippen LogP contribution in [-0.4, -0.2) is 78.3 Å². The Morgan fingerprint density at radius 1 is 1.19 bits per heavy atom. The molecule has 6 nitrogen and oxygen atoms in total. The molecular weight excluding hydrogens is 433 g/mol. The summed E-state index contributed by atoms with van der Waals surface area (Å²) in [6, 6.07) is 3.80. The minimum atomic E-state index is -4.16. The van der Waals surface area contributed by atoms with E-state index in [1.165, 1.54) is 4.90 Å². The Morgan fingerprint density at radius 2 is 1.97 bits per heavy atom. The number of carbonyl (C=O) groups excluding carboxylic acids is 1. The minimum Gasteiger partial charge on any atom is -0.472 e. The molecule has 1 atom stereocenters. The van der Waals surface area contributed by atoms with E-state index in [4.69, 9.17) is 16.3 Å². The third-order valence-electron chi connectivity index (χ3n) is 5.91. The molecule has 3 aliphatic heterocycles. The fourth-order valence-electron chi connectivity index (χ4n) is 4.34. The number of allylic oxidation sites excluding steroid dienone is 1. The van der Waals surface area contributed by atoms with Gasteiger partial charge in [-0.1, -0.05) is 11.6 Å². The van der Waals surface area contributed by atoms with Gasteiger partial charge in [0, 0.05) is 31.4 Å². The van der Waals surface area contributed by atoms with Gasteiger partial charge in [-0.25, -0.2) is 4.98 Å². The minimum absolute atomic E-state index is 0.0853. The number of pyridine rings is 1. The zero-order valence-electron chi connectivity index (χ0n) is 16.9. The Kier molecular flexibility index (Phi) is 6.52. The third kappa shape index (κ3) is 5.57. The van der Waals surface area contributed by atoms with Crippen LogP contribution in [0, 0.1) is 0 Å². The molecule has 4 heterocycles. The number of likely N-dealkylation sites (tertiary alicyclic amines) is 2. The predicted molar refractivity (Wildman–Crippen MR) is 111 cm³/mol. The van der Waals surface area contributed by atoms with E-state index in [2.05, 4.69) is 9.98 Å². The van der Waals surface area contributed by atoms with Crippen molar-refractivity contribution in [2.24, 2.45) is 4.99 Å². The topological polar surface area (TPSA) is 58.0 Å². The Bertz CT molecular complexity index is 882. The van der Waals surface area contributed by atoms with Gasteiger partial charge < -0.3 is 9.64 Å². The molecule has 1 aromatic rings. The molecule has 31 heavy (non-hydrogen) atoms. The van der Waals surface area contributed by atoms with Crippen LogP contribution in [0.25, 0.3) is 0 Å². The second kappa shape index (κ2) is 9.16. The number of carbonyl (C=O) groups is 1. The number of Topliss-reactive ketones (excluding diaryl/α,β-unsaturated/α-hetero) is 1. The summed E-state index contributed by atoms with van der Waals surface area (Å²) in [5.41, 5.74) is 1.68. The summed E-state index contributed by atoms with van der Waals surface area (Å²) in [5.74, 6) is 0.526. The number of nitrogens with zero attached hydrogens (tertiary/aromatic N) is 4. The highest BCUT2D eigenvalue weighted by atomic mass is 35.5. The number of aliphatic imine (C=N–C) groups is 1. The molecule has 0 aromatic carbocycles. The molecule has 168 valence electrons. The first-order chi connectivity index (χ1) is 14.8. The van der Waals surface area contributed by atoms with Gasteiger partial charge in [0.05, 0.1) is 18.8 Å². The quantitative estimate of drug-likeness (QED) is 0.680. The average Bonchev–Trinajstić information content (AvgIpc) is 3.18. The van der Waals surface area contributed by atoms with E-state index < -0.39 is 12.7 Å². The van der Waals surface area contributed by atoms with Gasteiger partial charge in [0.15, 0.2) is 5.78 Å². The smallest absolute Gasteiger partial charge is 0.401 e. The van der Waals surface area contributed by atoms with Crippen LogP contribution in [0.1, 0.15) is 30.7 Å². The van der Waals surface area contributed by atoms with Crippen molar-refractivity contribution in [3.8, 4) is 5.88 Å². The first kappa shape index (κ1) is 22.1. The lowest BCUT2D eigenvalue weighted by molar-refractivity contribution is -0.147. The fourth-order valence-corrected chi connectivity index (χ4v) is 4.57. The molecule has 2 saturated heterocycles. The van der Waals surface area contributed by atoms with Crippen molar-refractivity contribution in [1.82, 2.24) is 14.8 Å². The van der Waals surface area contributed by atoms with Gasteiger partial charge in [-0.15, -0.1) is 0 Å². The number of alkyl halides is 3. The number of aromatic nitrogens is 1. The van der Waals surface area contributed by atoms with Crippen LogP contribution in [0.3, 0.4) is 0 Å². The van der Waals surface area contributed by atoms with Crippen LogP contribution in [0.15, 0.2) is 34.1 Å². The number of dihydropyridines is 1. The van der Waals surface area contributed by atoms with E-state index in [9.17, 15) is 18.0 Å². The van der Waals surface area contributed by atoms with E-state index in [-0.39, 0.29) is 29.4 Å². The molecule has 0 N–H and O–H groups in total. The normalized spacial score (nSPS) is 23.7. The maximum absolute atomic E-state index is 12.6. The lowest BCUT2D eigenvalue weighted by atomic mass is 9.90. The summed E-state index contributed by atoms with van der Waals surface area (Å²) < 4.78 is 43.8. The highest BCUT2D eigenvalue weighted by Gasteiger charge is 2.33. The highest BCUT2D eigenvalue weighted by Crippen LogP contribution is 2.31. The van der Waals surface area contributed by atoms with Gasteiger partial charge >= 0.3 is 6.18 Å². The van der Waals surface area contributed by atoms with E-state index >= 15 is 0 Å². The van der Waals surface area contributed by atoms with Crippen molar-refractivity contribution >= 4 is 23.6 Å². The van der Waals surface area contributed by atoms with Crippen LogP contribution >= 0.6 is 11.6 Å². The molecule has 10 heteroatoms. The molecule has 0 radical (unpaired) electrons. The average molecular weight is 457 g/mol. The number of piperidine rings is 1. The third-order valence-corrected chi connectivity index (χ3v) is 6.32. The molecule has 3 aliphatic rings. The fraction of sp³-hybridized carbons (Fsp3) is 0.571. The number of halogens is 4. The van der Waals surface area contributed by atoms with Crippen LogP contribution < -0.4 is 4.74 Å². The van der Waals surface area contributed by atoms with E-state index in [1.54, 1.807) is 12.4 Å². The van der Waals surface area contributed by atoms with Gasteiger partial charge in [0.1, 0.15) is 17.7 Å². The molecule has 2 fully saturated rings. The Balaban J connectivity index is 1.33. The predicted octanol–water partition coefficient (Wildman–Crippen LogP) is 3.38. The molecule has 0 aliphatic carbocycles. The van der Waals surface area contributed by atoms with E-state index in [1.807, 2.05) is 17.0 Å². The van der Waals surface area contributed by atoms with Crippen LogP contribution in [0.5, 0.6) is 5.88 Å². The van der Waals surface area contributed by atoms with Crippen molar-refractivity contribution in [3.63, 3.8) is 0 Å². The van der Waals surface area contributed by atoms with Crippen LogP contribution in [-0.2, 0) is 4.79 Å². The molecule has 0 bridgehead atoms. The maximum atomic E-state index is 12.6. The summed E-state index contributed by atoms with van der Waals surface area (Å²) in [6.45, 7) is 1.37.